The molecule has 4 rings (SSSR count). The van der Waals surface area contributed by atoms with Gasteiger partial charge in [-0.3, -0.25) is 4.79 Å². The molecule has 1 atom stereocenters. The van der Waals surface area contributed by atoms with Crippen LogP contribution in [0.3, 0.4) is 0 Å². The second-order valence-electron chi connectivity index (χ2n) is 7.18. The van der Waals surface area contributed by atoms with Gasteiger partial charge in [0.1, 0.15) is 6.10 Å². The molecule has 2 aliphatic heterocycles. The van der Waals surface area contributed by atoms with Gasteiger partial charge in [0, 0.05) is 37.8 Å². The maximum atomic E-state index is 12.8. The van der Waals surface area contributed by atoms with E-state index in [4.69, 9.17) is 9.84 Å². The summed E-state index contributed by atoms with van der Waals surface area (Å²) >= 11 is 0. The summed E-state index contributed by atoms with van der Waals surface area (Å²) in [6.07, 6.45) is 4.74. The van der Waals surface area contributed by atoms with Crippen LogP contribution in [0.4, 0.5) is 5.82 Å². The summed E-state index contributed by atoms with van der Waals surface area (Å²) in [5, 5.41) is 9.12. The number of benzene rings is 1. The van der Waals surface area contributed by atoms with Crippen molar-refractivity contribution in [1.82, 2.24) is 9.88 Å². The summed E-state index contributed by atoms with van der Waals surface area (Å²) < 4.78 is 6.20. The summed E-state index contributed by atoms with van der Waals surface area (Å²) in [6.45, 7) is 3.04. The second-order valence-corrected chi connectivity index (χ2v) is 7.18. The Morgan fingerprint density at radius 1 is 1.07 bits per heavy atom. The highest BCUT2D eigenvalue weighted by atomic mass is 16.5. The fourth-order valence-corrected chi connectivity index (χ4v) is 3.80. The van der Waals surface area contributed by atoms with Gasteiger partial charge in [0.15, 0.2) is 11.6 Å². The van der Waals surface area contributed by atoms with E-state index in [0.29, 0.717) is 18.7 Å². The number of rotatable bonds is 5. The van der Waals surface area contributed by atoms with Gasteiger partial charge in [0.25, 0.3) is 5.91 Å². The average molecular weight is 381 g/mol. The molecular weight excluding hydrogens is 358 g/mol. The van der Waals surface area contributed by atoms with Crippen LogP contribution < -0.4 is 9.64 Å². The number of anilines is 1. The van der Waals surface area contributed by atoms with Crippen molar-refractivity contribution < 1.29 is 19.4 Å². The van der Waals surface area contributed by atoms with Gasteiger partial charge in [-0.25, -0.2) is 9.78 Å². The van der Waals surface area contributed by atoms with Crippen molar-refractivity contribution in [2.24, 2.45) is 0 Å². The van der Waals surface area contributed by atoms with Gasteiger partial charge >= 0.3 is 5.97 Å². The molecule has 0 radical (unpaired) electrons. The minimum Gasteiger partial charge on any atom is -0.485 e. The first-order valence-electron chi connectivity index (χ1n) is 9.61. The van der Waals surface area contributed by atoms with E-state index < -0.39 is 5.97 Å². The standard InChI is InChI=1S/C21H23N3O4/c25-20(15-5-3-6-16(13-15)21(26)27)24-12-8-17(14-24)28-18-7-4-9-22-19(18)23-10-1-2-11-23/h3-7,9,13,17H,1-2,8,10-12,14H2,(H,26,27). The lowest BCUT2D eigenvalue weighted by Crippen LogP contribution is -2.31. The van der Waals surface area contributed by atoms with Gasteiger partial charge in [-0.1, -0.05) is 6.07 Å². The molecule has 0 bridgehead atoms. The minimum atomic E-state index is -1.04. The van der Waals surface area contributed by atoms with Crippen molar-refractivity contribution in [3.8, 4) is 5.75 Å². The lowest BCUT2D eigenvalue weighted by Gasteiger charge is -2.22. The summed E-state index contributed by atoms with van der Waals surface area (Å²) in [4.78, 5) is 32.3. The SMILES string of the molecule is O=C(O)c1cccc(C(=O)N2CCC(Oc3cccnc3N3CCCC3)C2)c1. The quantitative estimate of drug-likeness (QED) is 0.857. The third-order valence-corrected chi connectivity index (χ3v) is 5.24. The first-order chi connectivity index (χ1) is 13.6. The zero-order valence-corrected chi connectivity index (χ0v) is 15.6. The fraction of sp³-hybridized carbons (Fsp3) is 0.381. The first kappa shape index (κ1) is 18.3. The topological polar surface area (TPSA) is 83.0 Å². The van der Waals surface area contributed by atoms with E-state index in [-0.39, 0.29) is 17.6 Å². The molecule has 1 unspecified atom stereocenters. The highest BCUT2D eigenvalue weighted by Crippen LogP contribution is 2.30. The number of carbonyl (C=O) groups excluding carboxylic acids is 1. The number of aromatic carboxylic acids is 1. The molecular formula is C21H23N3O4. The maximum Gasteiger partial charge on any atom is 0.335 e. The molecule has 1 aromatic carbocycles. The predicted molar refractivity (Wildman–Crippen MR) is 104 cm³/mol. The molecule has 1 aromatic heterocycles. The van der Waals surface area contributed by atoms with Crippen LogP contribution in [0.15, 0.2) is 42.6 Å². The van der Waals surface area contributed by atoms with Crippen LogP contribution >= 0.6 is 0 Å². The van der Waals surface area contributed by atoms with Crippen LogP contribution in [0.1, 0.15) is 40.0 Å². The Morgan fingerprint density at radius 3 is 2.64 bits per heavy atom. The van der Waals surface area contributed by atoms with Crippen LogP contribution in [0.25, 0.3) is 0 Å². The Bertz CT molecular complexity index is 879. The largest absolute Gasteiger partial charge is 0.485 e. The van der Waals surface area contributed by atoms with Gasteiger partial charge in [-0.05, 0) is 43.2 Å². The Hall–Kier alpha value is -3.09. The Labute approximate surface area is 163 Å². The molecule has 0 spiro atoms. The van der Waals surface area contributed by atoms with E-state index >= 15 is 0 Å². The summed E-state index contributed by atoms with van der Waals surface area (Å²) in [5.74, 6) is 0.430. The highest BCUT2D eigenvalue weighted by Gasteiger charge is 2.30. The second kappa shape index (κ2) is 7.88. The summed E-state index contributed by atoms with van der Waals surface area (Å²) in [6, 6.07) is 9.95. The monoisotopic (exact) mass is 381 g/mol. The number of carboxylic acid groups (broad SMARTS) is 1. The minimum absolute atomic E-state index is 0.0999. The number of nitrogens with zero attached hydrogens (tertiary/aromatic N) is 3. The first-order valence-corrected chi connectivity index (χ1v) is 9.61. The predicted octanol–water partition coefficient (Wildman–Crippen LogP) is 2.67. The summed E-state index contributed by atoms with van der Waals surface area (Å²) in [7, 11) is 0. The average Bonchev–Trinajstić information content (AvgIpc) is 3.40. The zero-order valence-electron chi connectivity index (χ0n) is 15.6. The number of hydrogen-bond acceptors (Lipinski definition) is 5. The molecule has 0 aliphatic carbocycles. The number of pyridine rings is 1. The molecule has 1 amide bonds. The van der Waals surface area contributed by atoms with E-state index in [9.17, 15) is 9.59 Å². The fourth-order valence-electron chi connectivity index (χ4n) is 3.80. The van der Waals surface area contributed by atoms with Crippen LogP contribution in [0, 0.1) is 0 Å². The molecule has 7 heteroatoms. The van der Waals surface area contributed by atoms with Crippen molar-refractivity contribution in [2.75, 3.05) is 31.1 Å². The van der Waals surface area contributed by atoms with E-state index in [1.165, 1.54) is 12.1 Å². The van der Waals surface area contributed by atoms with Gasteiger partial charge in [-0.2, -0.15) is 0 Å². The van der Waals surface area contributed by atoms with Crippen molar-refractivity contribution in [3.05, 3.63) is 53.7 Å². The van der Waals surface area contributed by atoms with E-state index in [1.54, 1.807) is 23.2 Å². The molecule has 2 aliphatic rings. The number of amides is 1. The zero-order chi connectivity index (χ0) is 19.5. The molecule has 2 aromatic rings. The third-order valence-electron chi connectivity index (χ3n) is 5.24. The van der Waals surface area contributed by atoms with Crippen molar-refractivity contribution in [3.63, 3.8) is 0 Å². The number of hydrogen-bond donors (Lipinski definition) is 1. The van der Waals surface area contributed by atoms with E-state index in [2.05, 4.69) is 9.88 Å². The highest BCUT2D eigenvalue weighted by molar-refractivity contribution is 5.97. The number of likely N-dealkylation sites (tertiary alicyclic amines) is 1. The van der Waals surface area contributed by atoms with E-state index in [0.717, 1.165) is 43.9 Å². The molecule has 2 saturated heterocycles. The molecule has 28 heavy (non-hydrogen) atoms. The Morgan fingerprint density at radius 2 is 1.86 bits per heavy atom. The van der Waals surface area contributed by atoms with Crippen LogP contribution in [0.5, 0.6) is 5.75 Å². The smallest absolute Gasteiger partial charge is 0.335 e. The number of carbonyl (C=O) groups is 2. The van der Waals surface area contributed by atoms with E-state index in [1.807, 2.05) is 12.1 Å². The number of aromatic nitrogens is 1. The van der Waals surface area contributed by atoms with Crippen LogP contribution in [-0.4, -0.2) is 59.1 Å². The van der Waals surface area contributed by atoms with Gasteiger partial charge in [0.2, 0.25) is 0 Å². The third kappa shape index (κ3) is 3.78. The maximum absolute atomic E-state index is 12.8. The van der Waals surface area contributed by atoms with Crippen molar-refractivity contribution >= 4 is 17.7 Å². The Kier molecular flexibility index (Phi) is 5.14. The molecule has 3 heterocycles. The number of ether oxygens (including phenoxy) is 1. The normalized spacial score (nSPS) is 19.1. The van der Waals surface area contributed by atoms with Crippen molar-refractivity contribution in [2.45, 2.75) is 25.4 Å². The van der Waals surface area contributed by atoms with Crippen LogP contribution in [0.2, 0.25) is 0 Å². The molecule has 1 N–H and O–H groups in total. The molecule has 0 saturated carbocycles. The van der Waals surface area contributed by atoms with Crippen LogP contribution in [-0.2, 0) is 0 Å². The lowest BCUT2D eigenvalue weighted by atomic mass is 10.1. The van der Waals surface area contributed by atoms with Gasteiger partial charge in [-0.15, -0.1) is 0 Å². The van der Waals surface area contributed by atoms with Gasteiger partial charge < -0.3 is 19.6 Å². The van der Waals surface area contributed by atoms with Crippen molar-refractivity contribution in [1.29, 1.82) is 0 Å². The number of carboxylic acids is 1. The lowest BCUT2D eigenvalue weighted by molar-refractivity contribution is 0.0697. The van der Waals surface area contributed by atoms with Gasteiger partial charge in [0.05, 0.1) is 12.1 Å². The summed E-state index contributed by atoms with van der Waals surface area (Å²) in [5.41, 5.74) is 0.503. The molecule has 146 valence electrons. The molecule has 2 fully saturated rings. The Balaban J connectivity index is 1.43. The molecule has 7 nitrogen and oxygen atoms in total.